The largest absolute Gasteiger partial charge is 0.361 e. The number of nitrogens with zero attached hydrogens (tertiary/aromatic N) is 2. The Morgan fingerprint density at radius 2 is 2.11 bits per heavy atom. The third-order valence-corrected chi connectivity index (χ3v) is 4.42. The quantitative estimate of drug-likeness (QED) is 0.921. The molecule has 2 rings (SSSR count). The van der Waals surface area contributed by atoms with E-state index in [1.54, 1.807) is 0 Å². The smallest absolute Gasteiger partial charge is 0.0545 e. The zero-order valence-corrected chi connectivity index (χ0v) is 13.9. The number of piperazine rings is 1. The molecule has 1 heterocycles. The minimum absolute atomic E-state index is 0.512. The lowest BCUT2D eigenvalue weighted by Crippen LogP contribution is -2.59. The third kappa shape index (κ3) is 3.30. The van der Waals surface area contributed by atoms with Crippen LogP contribution >= 0.6 is 15.9 Å². The van der Waals surface area contributed by atoms with Crippen LogP contribution in [0.1, 0.15) is 12.5 Å². The first-order valence-corrected chi connectivity index (χ1v) is 7.70. The summed E-state index contributed by atoms with van der Waals surface area (Å²) in [5.74, 6) is 0. The van der Waals surface area contributed by atoms with E-state index in [0.29, 0.717) is 12.1 Å². The summed E-state index contributed by atoms with van der Waals surface area (Å²) in [6.07, 6.45) is 0. The molecule has 0 aliphatic carbocycles. The minimum atomic E-state index is 0.512. The predicted octanol–water partition coefficient (Wildman–Crippen LogP) is 2.49. The molecular formula is C15H24BrN3. The molecule has 19 heavy (non-hydrogen) atoms. The van der Waals surface area contributed by atoms with Crippen molar-refractivity contribution in [1.29, 1.82) is 0 Å². The molecule has 0 amide bonds. The Bertz CT molecular complexity index is 435. The van der Waals surface area contributed by atoms with Crippen molar-refractivity contribution in [3.8, 4) is 0 Å². The highest BCUT2D eigenvalue weighted by Gasteiger charge is 2.31. The van der Waals surface area contributed by atoms with Crippen molar-refractivity contribution in [2.75, 3.05) is 38.6 Å². The average molecular weight is 326 g/mol. The van der Waals surface area contributed by atoms with Gasteiger partial charge in [0.1, 0.15) is 0 Å². The number of aryl methyl sites for hydroxylation is 1. The fourth-order valence-electron chi connectivity index (χ4n) is 3.08. The van der Waals surface area contributed by atoms with Crippen LogP contribution in [-0.4, -0.2) is 50.7 Å². The summed E-state index contributed by atoms with van der Waals surface area (Å²) in [5, 5.41) is 3.33. The maximum atomic E-state index is 3.73. The second-order valence-corrected chi connectivity index (χ2v) is 6.50. The molecule has 1 fully saturated rings. The topological polar surface area (TPSA) is 18.5 Å². The lowest BCUT2D eigenvalue weighted by Gasteiger charge is -2.46. The Labute approximate surface area is 125 Å². The molecule has 1 saturated heterocycles. The lowest BCUT2D eigenvalue weighted by atomic mass is 10.0. The van der Waals surface area contributed by atoms with Crippen LogP contribution in [0, 0.1) is 6.92 Å². The van der Waals surface area contributed by atoms with Crippen LogP contribution in [0.15, 0.2) is 22.7 Å². The number of hydrogen-bond acceptors (Lipinski definition) is 3. The average Bonchev–Trinajstić information content (AvgIpc) is 2.31. The second-order valence-electron chi connectivity index (χ2n) is 5.64. The Balaban J connectivity index is 2.32. The molecule has 4 heteroatoms. The normalized spacial score (nSPS) is 24.8. The summed E-state index contributed by atoms with van der Waals surface area (Å²) in [6.45, 7) is 7.67. The highest BCUT2D eigenvalue weighted by molar-refractivity contribution is 9.10. The van der Waals surface area contributed by atoms with Gasteiger partial charge in [-0.15, -0.1) is 0 Å². The number of rotatable bonds is 3. The van der Waals surface area contributed by atoms with E-state index < -0.39 is 0 Å². The summed E-state index contributed by atoms with van der Waals surface area (Å²) >= 11 is 3.73. The molecular weight excluding hydrogens is 302 g/mol. The summed E-state index contributed by atoms with van der Waals surface area (Å²) < 4.78 is 1.20. The van der Waals surface area contributed by atoms with Crippen molar-refractivity contribution in [1.82, 2.24) is 10.2 Å². The molecule has 1 N–H and O–H groups in total. The zero-order valence-electron chi connectivity index (χ0n) is 12.3. The zero-order chi connectivity index (χ0) is 14.0. The van der Waals surface area contributed by atoms with Gasteiger partial charge in [0.25, 0.3) is 0 Å². The highest BCUT2D eigenvalue weighted by atomic mass is 79.9. The number of halogens is 1. The van der Waals surface area contributed by atoms with Crippen LogP contribution in [-0.2, 0) is 0 Å². The van der Waals surface area contributed by atoms with Gasteiger partial charge in [-0.25, -0.2) is 0 Å². The molecule has 1 aromatic carbocycles. The summed E-state index contributed by atoms with van der Waals surface area (Å²) in [5.41, 5.74) is 2.61. The lowest BCUT2D eigenvalue weighted by molar-refractivity contribution is 0.230. The molecule has 3 nitrogen and oxygen atoms in total. The number of hydrogen-bond donors (Lipinski definition) is 1. The molecule has 0 saturated carbocycles. The van der Waals surface area contributed by atoms with E-state index in [-0.39, 0.29) is 0 Å². The van der Waals surface area contributed by atoms with Gasteiger partial charge in [0.15, 0.2) is 0 Å². The fraction of sp³-hybridized carbons (Fsp3) is 0.600. The van der Waals surface area contributed by atoms with Gasteiger partial charge in [-0.2, -0.15) is 0 Å². The Morgan fingerprint density at radius 3 is 2.74 bits per heavy atom. The number of nitrogens with one attached hydrogen (secondary N) is 1. The number of benzene rings is 1. The van der Waals surface area contributed by atoms with Crippen molar-refractivity contribution in [3.05, 3.63) is 28.2 Å². The molecule has 0 radical (unpaired) electrons. The predicted molar refractivity (Wildman–Crippen MR) is 86.0 cm³/mol. The molecule has 1 aliphatic heterocycles. The molecule has 2 unspecified atom stereocenters. The van der Waals surface area contributed by atoms with Gasteiger partial charge in [0.05, 0.1) is 11.7 Å². The van der Waals surface area contributed by atoms with E-state index >= 15 is 0 Å². The van der Waals surface area contributed by atoms with Gasteiger partial charge in [-0.3, -0.25) is 0 Å². The van der Waals surface area contributed by atoms with E-state index in [1.807, 2.05) is 7.05 Å². The highest BCUT2D eigenvalue weighted by Crippen LogP contribution is 2.32. The summed E-state index contributed by atoms with van der Waals surface area (Å²) in [7, 11) is 4.24. The summed E-state index contributed by atoms with van der Waals surface area (Å²) in [6, 6.07) is 7.68. The van der Waals surface area contributed by atoms with Gasteiger partial charge < -0.3 is 15.1 Å². The van der Waals surface area contributed by atoms with Crippen molar-refractivity contribution in [3.63, 3.8) is 0 Å². The summed E-state index contributed by atoms with van der Waals surface area (Å²) in [4.78, 5) is 4.98. The molecule has 1 aliphatic rings. The van der Waals surface area contributed by atoms with E-state index in [2.05, 4.69) is 70.1 Å². The second kappa shape index (κ2) is 6.25. The number of anilines is 1. The van der Waals surface area contributed by atoms with Crippen LogP contribution < -0.4 is 10.2 Å². The third-order valence-electron chi connectivity index (χ3n) is 3.79. The van der Waals surface area contributed by atoms with Crippen molar-refractivity contribution < 1.29 is 0 Å². The van der Waals surface area contributed by atoms with Crippen molar-refractivity contribution >= 4 is 21.6 Å². The first-order chi connectivity index (χ1) is 9.02. The van der Waals surface area contributed by atoms with Gasteiger partial charge in [-0.05, 0) is 61.6 Å². The first-order valence-electron chi connectivity index (χ1n) is 6.90. The molecule has 106 valence electrons. The van der Waals surface area contributed by atoms with Gasteiger partial charge in [0.2, 0.25) is 0 Å². The number of likely N-dealkylation sites (N-methyl/N-ethyl adjacent to an activating group) is 2. The van der Waals surface area contributed by atoms with E-state index in [0.717, 1.165) is 19.6 Å². The minimum Gasteiger partial charge on any atom is -0.361 e. The SMILES string of the molecule is CNCC1CN(C)CC(C)N1c1ccc(C)cc1Br. The van der Waals surface area contributed by atoms with Crippen LogP contribution in [0.5, 0.6) is 0 Å². The Hall–Kier alpha value is -0.580. The van der Waals surface area contributed by atoms with Gasteiger partial charge >= 0.3 is 0 Å². The fourth-order valence-corrected chi connectivity index (χ4v) is 3.77. The van der Waals surface area contributed by atoms with Crippen LogP contribution in [0.25, 0.3) is 0 Å². The molecule has 0 bridgehead atoms. The molecule has 0 spiro atoms. The van der Waals surface area contributed by atoms with Crippen LogP contribution in [0.3, 0.4) is 0 Å². The molecule has 1 aromatic rings. The maximum absolute atomic E-state index is 3.73. The van der Waals surface area contributed by atoms with Gasteiger partial charge in [0, 0.05) is 30.1 Å². The van der Waals surface area contributed by atoms with Crippen LogP contribution in [0.4, 0.5) is 5.69 Å². The Morgan fingerprint density at radius 1 is 1.37 bits per heavy atom. The standard InChI is InChI=1S/C15H24BrN3/c1-11-5-6-15(14(16)7-11)19-12(2)9-18(4)10-13(19)8-17-3/h5-7,12-13,17H,8-10H2,1-4H3. The molecule has 2 atom stereocenters. The van der Waals surface area contributed by atoms with E-state index in [1.165, 1.54) is 15.7 Å². The van der Waals surface area contributed by atoms with E-state index in [4.69, 9.17) is 0 Å². The Kier molecular flexibility index (Phi) is 4.87. The van der Waals surface area contributed by atoms with Crippen molar-refractivity contribution in [2.45, 2.75) is 25.9 Å². The van der Waals surface area contributed by atoms with Gasteiger partial charge in [-0.1, -0.05) is 6.07 Å². The van der Waals surface area contributed by atoms with Crippen LogP contribution in [0.2, 0.25) is 0 Å². The maximum Gasteiger partial charge on any atom is 0.0545 e. The first kappa shape index (κ1) is 14.8. The van der Waals surface area contributed by atoms with E-state index in [9.17, 15) is 0 Å². The van der Waals surface area contributed by atoms with Crippen molar-refractivity contribution in [2.24, 2.45) is 0 Å². The monoisotopic (exact) mass is 325 g/mol. The molecule has 0 aromatic heterocycles.